The number of nitrogens with zero attached hydrogens (tertiary/aromatic N) is 1. The predicted molar refractivity (Wildman–Crippen MR) is 75.4 cm³/mol. The molecule has 7 heteroatoms. The molecule has 6 nitrogen and oxygen atoms in total. The SMILES string of the molecule is COC(=O)[C@]1(C)N[C@@H](c2cccs2)[C@H]2C(=O)N(C)C(=O)[C@H]21. The van der Waals surface area contributed by atoms with Crippen LogP contribution in [0.15, 0.2) is 17.5 Å². The standard InChI is InChI=1S/C14H16N2O4S/c1-14(13(19)20-3)9-8(11(17)16(2)12(9)18)10(15-14)7-5-4-6-21-7/h4-6,8-10,15H,1-3H3/t8-,9-,10-,14+/m0/s1. The zero-order valence-electron chi connectivity index (χ0n) is 12.0. The van der Waals surface area contributed by atoms with Gasteiger partial charge in [-0.2, -0.15) is 0 Å². The van der Waals surface area contributed by atoms with E-state index in [4.69, 9.17) is 4.74 Å². The van der Waals surface area contributed by atoms with Gasteiger partial charge in [0.1, 0.15) is 5.54 Å². The van der Waals surface area contributed by atoms with Gasteiger partial charge in [-0.15, -0.1) is 11.3 Å². The Labute approximate surface area is 126 Å². The molecule has 0 saturated carbocycles. The summed E-state index contributed by atoms with van der Waals surface area (Å²) < 4.78 is 4.85. The normalized spacial score (nSPS) is 35.2. The van der Waals surface area contributed by atoms with Crippen molar-refractivity contribution < 1.29 is 19.1 Å². The first-order chi connectivity index (χ1) is 9.91. The summed E-state index contributed by atoms with van der Waals surface area (Å²) in [5.41, 5.74) is -1.19. The van der Waals surface area contributed by atoms with E-state index in [2.05, 4.69) is 5.32 Å². The molecule has 3 heterocycles. The van der Waals surface area contributed by atoms with E-state index in [-0.39, 0.29) is 17.9 Å². The van der Waals surface area contributed by atoms with Gasteiger partial charge in [0, 0.05) is 11.9 Å². The van der Waals surface area contributed by atoms with Gasteiger partial charge in [-0.1, -0.05) is 6.07 Å². The first-order valence-electron chi connectivity index (χ1n) is 6.62. The van der Waals surface area contributed by atoms with Crippen LogP contribution in [-0.2, 0) is 19.1 Å². The number of amides is 2. The van der Waals surface area contributed by atoms with E-state index in [9.17, 15) is 14.4 Å². The molecule has 1 aromatic rings. The van der Waals surface area contributed by atoms with Crippen LogP contribution in [0.25, 0.3) is 0 Å². The number of fused-ring (bicyclic) bond motifs is 1. The number of methoxy groups -OCH3 is 1. The molecule has 0 radical (unpaired) electrons. The molecule has 1 aromatic heterocycles. The minimum Gasteiger partial charge on any atom is -0.468 e. The Bertz CT molecular complexity index is 615. The van der Waals surface area contributed by atoms with Crippen molar-refractivity contribution >= 4 is 29.1 Å². The van der Waals surface area contributed by atoms with Crippen LogP contribution in [0.5, 0.6) is 0 Å². The highest BCUT2D eigenvalue weighted by Crippen LogP contribution is 2.49. The highest BCUT2D eigenvalue weighted by Gasteiger charge is 2.66. The summed E-state index contributed by atoms with van der Waals surface area (Å²) >= 11 is 1.50. The molecule has 0 unspecified atom stereocenters. The third kappa shape index (κ3) is 1.77. The van der Waals surface area contributed by atoms with Gasteiger partial charge in [0.25, 0.3) is 0 Å². The third-order valence-electron chi connectivity index (χ3n) is 4.47. The molecule has 2 saturated heterocycles. The number of carbonyl (C=O) groups is 3. The first-order valence-corrected chi connectivity index (χ1v) is 7.50. The van der Waals surface area contributed by atoms with Crippen molar-refractivity contribution in [3.63, 3.8) is 0 Å². The van der Waals surface area contributed by atoms with E-state index < -0.39 is 23.3 Å². The zero-order chi connectivity index (χ0) is 15.4. The van der Waals surface area contributed by atoms with Gasteiger partial charge in [0.15, 0.2) is 0 Å². The van der Waals surface area contributed by atoms with Gasteiger partial charge in [-0.3, -0.25) is 24.6 Å². The summed E-state index contributed by atoms with van der Waals surface area (Å²) in [7, 11) is 2.75. The van der Waals surface area contributed by atoms with E-state index >= 15 is 0 Å². The lowest BCUT2D eigenvalue weighted by Crippen LogP contribution is -2.53. The number of thiophene rings is 1. The smallest absolute Gasteiger partial charge is 0.326 e. The summed E-state index contributed by atoms with van der Waals surface area (Å²) in [5.74, 6) is -2.39. The molecule has 0 aromatic carbocycles. The number of ether oxygens (including phenoxy) is 1. The highest BCUT2D eigenvalue weighted by molar-refractivity contribution is 7.10. The molecular weight excluding hydrogens is 292 g/mol. The quantitative estimate of drug-likeness (QED) is 0.638. The molecule has 2 fully saturated rings. The summed E-state index contributed by atoms with van der Waals surface area (Å²) in [4.78, 5) is 39.1. The van der Waals surface area contributed by atoms with Gasteiger partial charge in [0.2, 0.25) is 11.8 Å². The first kappa shape index (κ1) is 14.2. The summed E-state index contributed by atoms with van der Waals surface area (Å²) in [5, 5.41) is 5.08. The second-order valence-electron chi connectivity index (χ2n) is 5.57. The number of rotatable bonds is 2. The molecule has 0 bridgehead atoms. The number of esters is 1. The third-order valence-corrected chi connectivity index (χ3v) is 5.42. The number of hydrogen-bond acceptors (Lipinski definition) is 6. The number of nitrogens with one attached hydrogen (secondary N) is 1. The van der Waals surface area contributed by atoms with Crippen molar-refractivity contribution in [2.45, 2.75) is 18.5 Å². The molecule has 0 spiro atoms. The molecule has 0 aliphatic carbocycles. The fraction of sp³-hybridized carbons (Fsp3) is 0.500. The Hall–Kier alpha value is -1.73. The van der Waals surface area contributed by atoms with Gasteiger partial charge >= 0.3 is 5.97 Å². The summed E-state index contributed by atoms with van der Waals surface area (Å²) in [6.45, 7) is 1.63. The van der Waals surface area contributed by atoms with E-state index in [0.29, 0.717) is 0 Å². The molecular formula is C14H16N2O4S. The van der Waals surface area contributed by atoms with Gasteiger partial charge in [-0.25, -0.2) is 0 Å². The second kappa shape index (κ2) is 4.64. The van der Waals surface area contributed by atoms with Crippen LogP contribution in [0.1, 0.15) is 17.8 Å². The Balaban J connectivity index is 2.10. The van der Waals surface area contributed by atoms with Crippen molar-refractivity contribution in [2.75, 3.05) is 14.2 Å². The summed E-state index contributed by atoms with van der Waals surface area (Å²) in [6.07, 6.45) is 0. The number of imide groups is 1. The molecule has 3 rings (SSSR count). The van der Waals surface area contributed by atoms with Gasteiger partial charge in [-0.05, 0) is 18.4 Å². The van der Waals surface area contributed by atoms with Crippen molar-refractivity contribution in [2.24, 2.45) is 11.8 Å². The van der Waals surface area contributed by atoms with Crippen molar-refractivity contribution in [3.05, 3.63) is 22.4 Å². The predicted octanol–water partition coefficient (Wildman–Crippen LogP) is 0.555. The Morgan fingerprint density at radius 1 is 1.43 bits per heavy atom. The fourth-order valence-electron chi connectivity index (χ4n) is 3.39. The van der Waals surface area contributed by atoms with E-state index in [0.717, 1.165) is 9.78 Å². The van der Waals surface area contributed by atoms with Gasteiger partial charge in [0.05, 0.1) is 25.0 Å². The Morgan fingerprint density at radius 2 is 2.14 bits per heavy atom. The zero-order valence-corrected chi connectivity index (χ0v) is 12.8. The van der Waals surface area contributed by atoms with Crippen LogP contribution < -0.4 is 5.32 Å². The van der Waals surface area contributed by atoms with Gasteiger partial charge < -0.3 is 4.74 Å². The van der Waals surface area contributed by atoms with Crippen LogP contribution >= 0.6 is 11.3 Å². The average Bonchev–Trinajstić information content (AvgIpc) is 3.14. The second-order valence-corrected chi connectivity index (χ2v) is 6.55. The molecule has 2 aliphatic rings. The molecule has 21 heavy (non-hydrogen) atoms. The molecule has 2 amide bonds. The number of hydrogen-bond donors (Lipinski definition) is 1. The minimum absolute atomic E-state index is 0.247. The maximum atomic E-state index is 12.4. The van der Waals surface area contributed by atoms with Crippen molar-refractivity contribution in [1.29, 1.82) is 0 Å². The lowest BCUT2D eigenvalue weighted by molar-refractivity contribution is -0.152. The molecule has 4 atom stereocenters. The highest BCUT2D eigenvalue weighted by atomic mass is 32.1. The lowest BCUT2D eigenvalue weighted by Gasteiger charge is -2.27. The van der Waals surface area contributed by atoms with Crippen molar-refractivity contribution in [1.82, 2.24) is 10.2 Å². The van der Waals surface area contributed by atoms with Crippen LogP contribution in [0.3, 0.4) is 0 Å². The number of carbonyl (C=O) groups excluding carboxylic acids is 3. The molecule has 1 N–H and O–H groups in total. The van der Waals surface area contributed by atoms with E-state index in [1.54, 1.807) is 6.92 Å². The average molecular weight is 308 g/mol. The fourth-order valence-corrected chi connectivity index (χ4v) is 4.22. The van der Waals surface area contributed by atoms with Crippen LogP contribution in [0, 0.1) is 11.8 Å². The van der Waals surface area contributed by atoms with Crippen LogP contribution in [-0.4, -0.2) is 42.4 Å². The lowest BCUT2D eigenvalue weighted by atomic mass is 9.81. The Kier molecular flexibility index (Phi) is 3.14. The maximum Gasteiger partial charge on any atom is 0.326 e. The maximum absolute atomic E-state index is 12.4. The van der Waals surface area contributed by atoms with E-state index in [1.165, 1.54) is 25.5 Å². The van der Waals surface area contributed by atoms with Crippen LogP contribution in [0.2, 0.25) is 0 Å². The monoisotopic (exact) mass is 308 g/mol. The van der Waals surface area contributed by atoms with Crippen molar-refractivity contribution in [3.8, 4) is 0 Å². The molecule has 112 valence electrons. The summed E-state index contributed by atoms with van der Waals surface area (Å²) in [6, 6.07) is 3.44. The molecule has 2 aliphatic heterocycles. The largest absolute Gasteiger partial charge is 0.468 e. The minimum atomic E-state index is -1.19. The Morgan fingerprint density at radius 3 is 2.71 bits per heavy atom. The van der Waals surface area contributed by atoms with E-state index in [1.807, 2.05) is 17.5 Å². The topological polar surface area (TPSA) is 75.7 Å². The number of likely N-dealkylation sites (tertiary alicyclic amines) is 1. The van der Waals surface area contributed by atoms with Crippen LogP contribution in [0.4, 0.5) is 0 Å².